The highest BCUT2D eigenvalue weighted by Gasteiger charge is 2.07. The van der Waals surface area contributed by atoms with Gasteiger partial charge in [-0.3, -0.25) is 4.79 Å². The molecular weight excluding hydrogens is 331 g/mol. The van der Waals surface area contributed by atoms with Crippen LogP contribution in [0.2, 0.25) is 0 Å². The summed E-state index contributed by atoms with van der Waals surface area (Å²) in [5, 5.41) is 3.54. The summed E-state index contributed by atoms with van der Waals surface area (Å²) in [6.07, 6.45) is 1.41. The Morgan fingerprint density at radius 2 is 1.83 bits per heavy atom. The van der Waals surface area contributed by atoms with Gasteiger partial charge in [0.25, 0.3) is 0 Å². The molecule has 0 unspecified atom stereocenters. The number of carbonyl (C=O) groups excluding carboxylic acids is 1. The number of hydrogen-bond donors (Lipinski definition) is 2. The maximum Gasteiger partial charge on any atom is 0.233 e. The first-order valence-electron chi connectivity index (χ1n) is 7.23. The molecule has 0 aliphatic rings. The van der Waals surface area contributed by atoms with Crippen molar-refractivity contribution in [2.24, 2.45) is 0 Å². The van der Waals surface area contributed by atoms with Crippen molar-refractivity contribution >= 4 is 27.7 Å². The second kappa shape index (κ2) is 8.37. The van der Waals surface area contributed by atoms with Gasteiger partial charge in [0.05, 0.1) is 0 Å². The standard InChI is InChI=1S/C17H17FN2O3S/c18-15-7-4-8-16(13-15)20-17(21)9-11-19-24(22,23)12-10-14-5-2-1-3-6-14/h1-8,10,12-13,19H,9,11H2,(H,20,21)/b12-10+. The van der Waals surface area contributed by atoms with E-state index < -0.39 is 21.7 Å². The van der Waals surface area contributed by atoms with Gasteiger partial charge in [-0.05, 0) is 29.8 Å². The summed E-state index contributed by atoms with van der Waals surface area (Å²) in [6.45, 7) is -0.0530. The molecule has 0 radical (unpaired) electrons. The molecule has 1 amide bonds. The maximum absolute atomic E-state index is 13.0. The third kappa shape index (κ3) is 6.31. The molecule has 5 nitrogen and oxygen atoms in total. The van der Waals surface area contributed by atoms with Crippen molar-refractivity contribution in [1.29, 1.82) is 0 Å². The Balaban J connectivity index is 1.80. The highest BCUT2D eigenvalue weighted by molar-refractivity contribution is 7.92. The van der Waals surface area contributed by atoms with E-state index in [2.05, 4.69) is 10.0 Å². The molecule has 2 aromatic carbocycles. The van der Waals surface area contributed by atoms with Crippen LogP contribution >= 0.6 is 0 Å². The molecule has 0 heterocycles. The predicted molar refractivity (Wildman–Crippen MR) is 92.0 cm³/mol. The lowest BCUT2D eigenvalue weighted by Crippen LogP contribution is -2.26. The van der Waals surface area contributed by atoms with Crippen LogP contribution in [0.3, 0.4) is 0 Å². The zero-order valence-corrected chi connectivity index (χ0v) is 13.6. The molecule has 0 saturated heterocycles. The van der Waals surface area contributed by atoms with E-state index in [1.807, 2.05) is 6.07 Å². The summed E-state index contributed by atoms with van der Waals surface area (Å²) >= 11 is 0. The van der Waals surface area contributed by atoms with Crippen LogP contribution in [-0.4, -0.2) is 20.9 Å². The molecular formula is C17H17FN2O3S. The number of anilines is 1. The lowest BCUT2D eigenvalue weighted by atomic mass is 10.2. The van der Waals surface area contributed by atoms with E-state index in [0.29, 0.717) is 5.69 Å². The molecule has 0 saturated carbocycles. The summed E-state index contributed by atoms with van der Waals surface area (Å²) in [6, 6.07) is 14.5. The lowest BCUT2D eigenvalue weighted by Gasteiger charge is -2.06. The highest BCUT2D eigenvalue weighted by Crippen LogP contribution is 2.09. The molecule has 7 heteroatoms. The van der Waals surface area contributed by atoms with Gasteiger partial charge in [-0.15, -0.1) is 0 Å². The zero-order valence-electron chi connectivity index (χ0n) is 12.8. The average molecular weight is 348 g/mol. The van der Waals surface area contributed by atoms with Gasteiger partial charge >= 0.3 is 0 Å². The van der Waals surface area contributed by atoms with E-state index in [4.69, 9.17) is 0 Å². The fourth-order valence-corrected chi connectivity index (χ4v) is 2.70. The quantitative estimate of drug-likeness (QED) is 0.808. The second-order valence-corrected chi connectivity index (χ2v) is 6.61. The number of amides is 1. The highest BCUT2D eigenvalue weighted by atomic mass is 32.2. The SMILES string of the molecule is O=C(CCNS(=O)(=O)/C=C/c1ccccc1)Nc1cccc(F)c1. The monoisotopic (exact) mass is 348 g/mol. The number of carbonyl (C=O) groups is 1. The minimum atomic E-state index is -3.63. The van der Waals surface area contributed by atoms with Gasteiger partial charge in [-0.1, -0.05) is 36.4 Å². The van der Waals surface area contributed by atoms with Crippen molar-refractivity contribution in [3.05, 3.63) is 71.4 Å². The molecule has 2 aromatic rings. The molecule has 2 rings (SSSR count). The summed E-state index contributed by atoms with van der Waals surface area (Å²) in [5.41, 5.74) is 1.08. The summed E-state index contributed by atoms with van der Waals surface area (Å²) < 4.78 is 38.9. The van der Waals surface area contributed by atoms with Gasteiger partial charge in [0, 0.05) is 24.1 Å². The van der Waals surface area contributed by atoms with Crippen LogP contribution in [0, 0.1) is 5.82 Å². The van der Waals surface area contributed by atoms with Gasteiger partial charge in [0.15, 0.2) is 0 Å². The molecule has 0 spiro atoms. The van der Waals surface area contributed by atoms with Gasteiger partial charge in [-0.2, -0.15) is 0 Å². The molecule has 126 valence electrons. The van der Waals surface area contributed by atoms with Gasteiger partial charge in [-0.25, -0.2) is 17.5 Å². The minimum Gasteiger partial charge on any atom is -0.326 e. The van der Waals surface area contributed by atoms with Crippen molar-refractivity contribution in [3.8, 4) is 0 Å². The van der Waals surface area contributed by atoms with Crippen LogP contribution in [0.1, 0.15) is 12.0 Å². The Labute approximate surface area is 140 Å². The molecule has 0 aliphatic heterocycles. The molecule has 0 fully saturated rings. The van der Waals surface area contributed by atoms with Gasteiger partial charge in [0.2, 0.25) is 15.9 Å². The van der Waals surface area contributed by atoms with Crippen molar-refractivity contribution < 1.29 is 17.6 Å². The molecule has 0 bridgehead atoms. The summed E-state index contributed by atoms with van der Waals surface area (Å²) in [4.78, 5) is 11.7. The molecule has 24 heavy (non-hydrogen) atoms. The van der Waals surface area contributed by atoms with Crippen LogP contribution in [-0.2, 0) is 14.8 Å². The Bertz CT molecular complexity index is 821. The Morgan fingerprint density at radius 1 is 1.08 bits per heavy atom. The third-order valence-corrected chi connectivity index (χ3v) is 4.10. The van der Waals surface area contributed by atoms with Gasteiger partial charge < -0.3 is 5.32 Å². The van der Waals surface area contributed by atoms with E-state index in [1.165, 1.54) is 24.3 Å². The minimum absolute atomic E-state index is 0.0530. The van der Waals surface area contributed by atoms with Crippen LogP contribution in [0.4, 0.5) is 10.1 Å². The number of rotatable bonds is 7. The Kier molecular flexibility index (Phi) is 6.22. The molecule has 0 aliphatic carbocycles. The maximum atomic E-state index is 13.0. The average Bonchev–Trinajstić information content (AvgIpc) is 2.54. The second-order valence-electron chi connectivity index (χ2n) is 4.96. The fraction of sp³-hybridized carbons (Fsp3) is 0.118. The van der Waals surface area contributed by atoms with E-state index in [1.54, 1.807) is 30.3 Å². The number of hydrogen-bond acceptors (Lipinski definition) is 3. The number of nitrogens with one attached hydrogen (secondary N) is 2. The summed E-state index contributed by atoms with van der Waals surface area (Å²) in [5.74, 6) is -0.866. The van der Waals surface area contributed by atoms with E-state index in [0.717, 1.165) is 11.0 Å². The summed E-state index contributed by atoms with van der Waals surface area (Å²) in [7, 11) is -3.63. The largest absolute Gasteiger partial charge is 0.326 e. The molecule has 2 N–H and O–H groups in total. The number of halogens is 1. The topological polar surface area (TPSA) is 75.3 Å². The first-order chi connectivity index (χ1) is 11.4. The fourth-order valence-electron chi connectivity index (χ4n) is 1.88. The normalized spacial score (nSPS) is 11.5. The number of sulfonamides is 1. The molecule has 0 aromatic heterocycles. The van der Waals surface area contributed by atoms with Crippen LogP contribution in [0.25, 0.3) is 6.08 Å². The lowest BCUT2D eigenvalue weighted by molar-refractivity contribution is -0.116. The van der Waals surface area contributed by atoms with E-state index >= 15 is 0 Å². The van der Waals surface area contributed by atoms with Crippen LogP contribution < -0.4 is 10.0 Å². The van der Waals surface area contributed by atoms with Crippen molar-refractivity contribution in [2.75, 3.05) is 11.9 Å². The first-order valence-corrected chi connectivity index (χ1v) is 8.77. The van der Waals surface area contributed by atoms with E-state index in [-0.39, 0.29) is 13.0 Å². The van der Waals surface area contributed by atoms with E-state index in [9.17, 15) is 17.6 Å². The smallest absolute Gasteiger partial charge is 0.233 e. The van der Waals surface area contributed by atoms with Crippen LogP contribution in [0.5, 0.6) is 0 Å². The zero-order chi connectivity index (χ0) is 17.4. The molecule has 0 atom stereocenters. The van der Waals surface area contributed by atoms with Crippen molar-refractivity contribution in [2.45, 2.75) is 6.42 Å². The van der Waals surface area contributed by atoms with Crippen molar-refractivity contribution in [3.63, 3.8) is 0 Å². The Morgan fingerprint density at radius 3 is 2.54 bits per heavy atom. The third-order valence-electron chi connectivity index (χ3n) is 3.00. The first kappa shape index (κ1) is 17.8. The Hall–Kier alpha value is -2.51. The number of benzene rings is 2. The van der Waals surface area contributed by atoms with Crippen molar-refractivity contribution in [1.82, 2.24) is 4.72 Å². The van der Waals surface area contributed by atoms with Gasteiger partial charge in [0.1, 0.15) is 5.82 Å². The van der Waals surface area contributed by atoms with Crippen LogP contribution in [0.15, 0.2) is 60.0 Å². The predicted octanol–water partition coefficient (Wildman–Crippen LogP) is 2.74.